The average Bonchev–Trinajstić information content (AvgIpc) is 2.96. The van der Waals surface area contributed by atoms with Crippen LogP contribution >= 0.6 is 10.3 Å². The molecule has 0 spiro atoms. The molecule has 2 unspecified atom stereocenters. The van der Waals surface area contributed by atoms with Crippen molar-refractivity contribution in [3.8, 4) is 11.5 Å². The zero-order valence-corrected chi connectivity index (χ0v) is 27.4. The molecule has 0 saturated heterocycles. The molecule has 0 aliphatic carbocycles. The van der Waals surface area contributed by atoms with Crippen LogP contribution in [0.3, 0.4) is 0 Å². The number of anilines is 1. The molecule has 3 aromatic carbocycles. The van der Waals surface area contributed by atoms with Crippen molar-refractivity contribution < 1.29 is 31.0 Å². The molecule has 42 heavy (non-hydrogen) atoms. The van der Waals surface area contributed by atoms with Gasteiger partial charge in [-0.15, -0.1) is 0 Å². The summed E-state index contributed by atoms with van der Waals surface area (Å²) in [6, 6.07) is 22.9. The van der Waals surface area contributed by atoms with Gasteiger partial charge >= 0.3 is 10.1 Å². The number of hydrogen-bond acceptors (Lipinski definition) is 7. The third-order valence-corrected chi connectivity index (χ3v) is 11.9. The largest absolute Gasteiger partial charge is 0.465 e. The van der Waals surface area contributed by atoms with Crippen LogP contribution in [0.5, 0.6) is 11.5 Å². The first-order valence-electron chi connectivity index (χ1n) is 14.4. The minimum Gasteiger partial charge on any atom is -0.465 e. The lowest BCUT2D eigenvalue weighted by Gasteiger charge is -2.35. The van der Waals surface area contributed by atoms with E-state index in [4.69, 9.17) is 22.6 Å². The smallest absolute Gasteiger partial charge is 0.390 e. The van der Waals surface area contributed by atoms with Gasteiger partial charge in [-0.2, -0.15) is 8.42 Å². The molecular formula is C32H46NO7S2+. The predicted molar refractivity (Wildman–Crippen MR) is 171 cm³/mol. The van der Waals surface area contributed by atoms with Gasteiger partial charge in [-0.25, -0.2) is 0 Å². The molecule has 8 nitrogen and oxygen atoms in total. The van der Waals surface area contributed by atoms with Gasteiger partial charge in [-0.1, -0.05) is 13.3 Å². The summed E-state index contributed by atoms with van der Waals surface area (Å²) in [6.07, 6.45) is 0.456. The fraction of sp³-hybridized carbons (Fsp3) is 0.438. The van der Waals surface area contributed by atoms with E-state index >= 15 is 0 Å². The topological polar surface area (TPSA) is 87.1 Å². The Balaban J connectivity index is 2.21. The molecule has 10 heteroatoms. The molecule has 0 aromatic heterocycles. The summed E-state index contributed by atoms with van der Waals surface area (Å²) in [7, 11) is -2.48. The Bertz CT molecular complexity index is 1270. The number of unbranched alkanes of at least 4 members (excludes halogenated alkanes) is 1. The van der Waals surface area contributed by atoms with Crippen molar-refractivity contribution in [2.24, 2.45) is 0 Å². The van der Waals surface area contributed by atoms with Crippen LogP contribution < -0.4 is 14.4 Å². The second kappa shape index (κ2) is 15.6. The highest BCUT2D eigenvalue weighted by Gasteiger charge is 2.42. The van der Waals surface area contributed by atoms with Gasteiger partial charge in [-0.05, 0) is 107 Å². The molecule has 1 N–H and O–H groups in total. The highest BCUT2D eigenvalue weighted by molar-refractivity contribution is 8.32. The lowest BCUT2D eigenvalue weighted by Crippen LogP contribution is -2.21. The second-order valence-electron chi connectivity index (χ2n) is 9.91. The molecule has 0 fully saturated rings. The zero-order chi connectivity index (χ0) is 30.8. The van der Waals surface area contributed by atoms with Crippen molar-refractivity contribution in [3.05, 3.63) is 72.8 Å². The molecule has 0 aliphatic heterocycles. The Labute approximate surface area is 253 Å². The summed E-state index contributed by atoms with van der Waals surface area (Å²) < 4.78 is 55.0. The van der Waals surface area contributed by atoms with E-state index in [1.165, 1.54) is 0 Å². The van der Waals surface area contributed by atoms with Gasteiger partial charge < -0.3 is 23.8 Å². The molecule has 2 atom stereocenters. The van der Waals surface area contributed by atoms with E-state index in [0.717, 1.165) is 26.8 Å². The Kier molecular flexibility index (Phi) is 12.6. The van der Waals surface area contributed by atoms with Crippen LogP contribution in [-0.4, -0.2) is 57.7 Å². The van der Waals surface area contributed by atoms with Crippen LogP contribution in [0.15, 0.2) is 87.5 Å². The Morgan fingerprint density at radius 2 is 1.10 bits per heavy atom. The van der Waals surface area contributed by atoms with Gasteiger partial charge in [0.05, 0.1) is 25.0 Å². The molecule has 3 aromatic rings. The second-order valence-corrected chi connectivity index (χ2v) is 14.6. The van der Waals surface area contributed by atoms with Crippen LogP contribution in [0.1, 0.15) is 47.5 Å². The standard InChI is InChI=1S/C32H45NO7S2/c1-8-11-24-41(34,35)40-42(30-18-12-27(13-19-30)33(6)7,31-20-14-28(15-21-31)38-25(4)36-9-2)32-22-16-29(17-23-32)39-26(5)37-10-3/h12-23,25-26H,8-11,24H2,1-7H3/p+1. The molecule has 0 bridgehead atoms. The summed E-state index contributed by atoms with van der Waals surface area (Å²) in [6.45, 7) is 10.5. The minimum atomic E-state index is -3.80. The summed E-state index contributed by atoms with van der Waals surface area (Å²) in [5, 5.41) is 0. The predicted octanol–water partition coefficient (Wildman–Crippen LogP) is 7.70. The fourth-order valence-electron chi connectivity index (χ4n) is 4.36. The van der Waals surface area contributed by atoms with Gasteiger partial charge in [-0.3, -0.25) is 3.63 Å². The minimum absolute atomic E-state index is 0.0197. The number of benzene rings is 3. The summed E-state index contributed by atoms with van der Waals surface area (Å²) in [5.74, 6) is 1.23. The molecule has 232 valence electrons. The van der Waals surface area contributed by atoms with E-state index in [9.17, 15) is 8.42 Å². The maximum atomic E-state index is 13.6. The van der Waals surface area contributed by atoms with E-state index in [-0.39, 0.29) is 5.75 Å². The summed E-state index contributed by atoms with van der Waals surface area (Å²) >= 11 is 0. The van der Waals surface area contributed by atoms with Crippen molar-refractivity contribution in [1.29, 1.82) is 0 Å². The quantitative estimate of drug-likeness (QED) is 0.0868. The first-order valence-corrected chi connectivity index (χ1v) is 17.6. The maximum absolute atomic E-state index is 13.6. The van der Waals surface area contributed by atoms with Gasteiger partial charge in [0.25, 0.3) is 0 Å². The molecule has 3 rings (SSSR count). The summed E-state index contributed by atoms with van der Waals surface area (Å²) in [4.78, 5) is 4.36. The van der Waals surface area contributed by atoms with Crippen molar-refractivity contribution in [1.82, 2.24) is 0 Å². The van der Waals surface area contributed by atoms with Crippen LogP contribution in [0.25, 0.3) is 0 Å². The SMILES string of the molecule is CCCCS(=O)(=O)[OH+]S(c1ccc(OC(C)OCC)cc1)(c1ccc(OC(C)OCC)cc1)c1ccc(N(C)C)cc1. The number of nitrogens with zero attached hydrogens (tertiary/aromatic N) is 1. The monoisotopic (exact) mass is 620 g/mol. The third kappa shape index (κ3) is 8.87. The lowest BCUT2D eigenvalue weighted by atomic mass is 10.3. The molecule has 0 radical (unpaired) electrons. The Morgan fingerprint density at radius 3 is 1.45 bits per heavy atom. The number of rotatable bonds is 17. The average molecular weight is 621 g/mol. The number of ether oxygens (including phenoxy) is 4. The first kappa shape index (κ1) is 33.7. The van der Waals surface area contributed by atoms with Gasteiger partial charge in [0, 0.05) is 33.0 Å². The third-order valence-electron chi connectivity index (χ3n) is 6.41. The highest BCUT2D eigenvalue weighted by Crippen LogP contribution is 2.68. The molecule has 0 heterocycles. The molecule has 0 saturated carbocycles. The lowest BCUT2D eigenvalue weighted by molar-refractivity contribution is -0.0616. The maximum Gasteiger partial charge on any atom is 0.390 e. The fourth-order valence-corrected chi connectivity index (χ4v) is 10.1. The van der Waals surface area contributed by atoms with Crippen LogP contribution in [0.4, 0.5) is 5.69 Å². The van der Waals surface area contributed by atoms with Crippen molar-refractivity contribution in [2.45, 2.75) is 74.7 Å². The van der Waals surface area contributed by atoms with Gasteiger partial charge in [0.1, 0.15) is 17.3 Å². The normalized spacial score (nSPS) is 15.3. The highest BCUT2D eigenvalue weighted by atomic mass is 32.3. The van der Waals surface area contributed by atoms with E-state index in [2.05, 4.69) is 0 Å². The Morgan fingerprint density at radius 1 is 0.690 bits per heavy atom. The van der Waals surface area contributed by atoms with Gasteiger partial charge in [0.15, 0.2) is 12.6 Å². The van der Waals surface area contributed by atoms with E-state index < -0.39 is 33.0 Å². The van der Waals surface area contributed by atoms with Crippen molar-refractivity contribution >= 4 is 26.1 Å². The Hall–Kier alpha value is -2.76. The zero-order valence-electron chi connectivity index (χ0n) is 25.8. The van der Waals surface area contributed by atoms with Crippen LogP contribution in [0, 0.1) is 0 Å². The van der Waals surface area contributed by atoms with E-state index in [1.54, 1.807) is 0 Å². The molecular weight excluding hydrogens is 574 g/mol. The van der Waals surface area contributed by atoms with Crippen molar-refractivity contribution in [2.75, 3.05) is 38.0 Å². The van der Waals surface area contributed by atoms with E-state index in [1.807, 2.05) is 126 Å². The van der Waals surface area contributed by atoms with Crippen molar-refractivity contribution in [3.63, 3.8) is 0 Å². The molecule has 0 aliphatic rings. The van der Waals surface area contributed by atoms with E-state index in [0.29, 0.717) is 31.1 Å². The molecule has 0 amide bonds. The van der Waals surface area contributed by atoms with Crippen LogP contribution in [0.2, 0.25) is 0 Å². The summed E-state index contributed by atoms with van der Waals surface area (Å²) in [5.41, 5.74) is 1.00. The van der Waals surface area contributed by atoms with Gasteiger partial charge in [0.2, 0.25) is 0 Å². The first-order chi connectivity index (χ1) is 20.0. The van der Waals surface area contributed by atoms with Crippen LogP contribution in [-0.2, 0) is 19.6 Å². The number of hydrogen-bond donors (Lipinski definition) is 0.